The normalized spacial score (nSPS) is 30.0. The number of nitrogens with two attached hydrogens (primary N) is 1. The van der Waals surface area contributed by atoms with E-state index >= 15 is 0 Å². The fraction of sp³-hybridized carbons (Fsp3) is 0.500. The van der Waals surface area contributed by atoms with Crippen LogP contribution in [0, 0.1) is 0 Å². The Morgan fingerprint density at radius 3 is 2.42 bits per heavy atom. The molecule has 1 saturated heterocycles. The first kappa shape index (κ1) is 24.3. The van der Waals surface area contributed by atoms with Gasteiger partial charge in [0.2, 0.25) is 0 Å². The molecule has 0 amide bonds. The van der Waals surface area contributed by atoms with Crippen LogP contribution >= 0.6 is 23.5 Å². The van der Waals surface area contributed by atoms with Gasteiger partial charge in [-0.05, 0) is 0 Å². The van der Waals surface area contributed by atoms with Gasteiger partial charge in [-0.3, -0.25) is 18.3 Å². The minimum Gasteiger partial charge on any atom is -0.756 e. The number of hydrogen-bond donors (Lipinski definition) is 4. The standard InChI is InChI=1S/C10H16N5O13P3/c11-8-5-9(13-2-12-8)15(3-14-5)10-7(17)6(16)4(26-10)1-25-30(21,22)28-31(23,24)27-29(18,19)20/h2-4,6-7,10,16-17H,1H2,(H,21,22)(H,23,24)(H2,11,12,13)(H2,18,19,20)/p-3/t4-,6?,7?,10-/m1/s1. The van der Waals surface area contributed by atoms with E-state index in [-0.39, 0.29) is 17.0 Å². The van der Waals surface area contributed by atoms with Crippen molar-refractivity contribution in [3.63, 3.8) is 0 Å². The van der Waals surface area contributed by atoms with Gasteiger partial charge in [0.1, 0.15) is 30.2 Å². The Kier molecular flexibility index (Phi) is 6.68. The van der Waals surface area contributed by atoms with E-state index in [0.29, 0.717) is 0 Å². The van der Waals surface area contributed by atoms with Crippen molar-refractivity contribution in [2.45, 2.75) is 24.5 Å². The summed E-state index contributed by atoms with van der Waals surface area (Å²) < 4.78 is 50.6. The molecule has 18 nitrogen and oxygen atoms in total. The third-order valence-corrected chi connectivity index (χ3v) is 7.49. The second-order valence-corrected chi connectivity index (χ2v) is 10.2. The largest absolute Gasteiger partial charge is 0.756 e. The molecule has 0 spiro atoms. The van der Waals surface area contributed by atoms with Gasteiger partial charge in [-0.2, -0.15) is 0 Å². The van der Waals surface area contributed by atoms with Crippen LogP contribution in [0.3, 0.4) is 0 Å². The van der Waals surface area contributed by atoms with Gasteiger partial charge in [0.15, 0.2) is 17.7 Å². The number of nitrogens with zero attached hydrogens (tertiary/aromatic N) is 4. The molecule has 0 saturated carbocycles. The lowest BCUT2D eigenvalue weighted by Gasteiger charge is -2.33. The zero-order valence-corrected chi connectivity index (χ0v) is 17.5. The molecule has 0 bridgehead atoms. The zero-order valence-electron chi connectivity index (χ0n) is 14.8. The van der Waals surface area contributed by atoms with Crippen LogP contribution in [0.1, 0.15) is 6.23 Å². The molecule has 21 heteroatoms. The molecule has 5 unspecified atom stereocenters. The molecule has 3 heterocycles. The van der Waals surface area contributed by atoms with Crippen molar-refractivity contribution >= 4 is 40.4 Å². The van der Waals surface area contributed by atoms with Gasteiger partial charge in [-0.1, -0.05) is 0 Å². The smallest absolute Gasteiger partial charge is 0.280 e. The van der Waals surface area contributed by atoms with Gasteiger partial charge in [-0.15, -0.1) is 0 Å². The molecule has 0 radical (unpaired) electrons. The highest BCUT2D eigenvalue weighted by Crippen LogP contribution is 2.61. The molecule has 3 rings (SSSR count). The maximum Gasteiger partial charge on any atom is 0.280 e. The van der Waals surface area contributed by atoms with E-state index in [9.17, 15) is 38.6 Å². The number of hydrogen-bond acceptors (Lipinski definition) is 16. The number of aliphatic hydroxyl groups excluding tert-OH is 2. The fourth-order valence-electron chi connectivity index (χ4n) is 2.61. The molecule has 2 aromatic rings. The van der Waals surface area contributed by atoms with Gasteiger partial charge in [0.25, 0.3) is 23.5 Å². The molecule has 31 heavy (non-hydrogen) atoms. The number of anilines is 1. The maximum atomic E-state index is 11.6. The molecule has 7 atom stereocenters. The van der Waals surface area contributed by atoms with Crippen molar-refractivity contribution in [1.29, 1.82) is 0 Å². The van der Waals surface area contributed by atoms with Gasteiger partial charge in [-0.25, -0.2) is 23.6 Å². The number of aliphatic hydroxyl groups is 2. The van der Waals surface area contributed by atoms with Crippen molar-refractivity contribution in [2.24, 2.45) is 0 Å². The number of nitrogen functional groups attached to an aromatic ring is 1. The van der Waals surface area contributed by atoms with Crippen molar-refractivity contribution < 1.29 is 61.4 Å². The quantitative estimate of drug-likeness (QED) is 0.253. The summed E-state index contributed by atoms with van der Waals surface area (Å²) in [6, 6.07) is 0. The first-order valence-electron chi connectivity index (χ1n) is 7.87. The number of imidazole rings is 1. The fourth-order valence-corrected chi connectivity index (χ4v) is 5.50. The Labute approximate surface area is 171 Å². The van der Waals surface area contributed by atoms with Crippen LogP contribution in [-0.4, -0.2) is 59.5 Å². The Balaban J connectivity index is 1.69. The summed E-state index contributed by atoms with van der Waals surface area (Å²) >= 11 is 0. The first-order valence-corrected chi connectivity index (χ1v) is 12.3. The van der Waals surface area contributed by atoms with Crippen molar-refractivity contribution in [2.75, 3.05) is 12.3 Å². The molecule has 0 aliphatic carbocycles. The predicted octanol–water partition coefficient (Wildman–Crippen LogP) is -3.52. The monoisotopic (exact) mass is 504 g/mol. The molecular formula is C10H13N5O13P3-3. The summed E-state index contributed by atoms with van der Waals surface area (Å²) in [6.45, 7) is -1.06. The average molecular weight is 504 g/mol. The van der Waals surface area contributed by atoms with Crippen molar-refractivity contribution in [1.82, 2.24) is 19.5 Å². The predicted molar refractivity (Wildman–Crippen MR) is 88.8 cm³/mol. The third kappa shape index (κ3) is 5.71. The third-order valence-electron chi connectivity index (χ3n) is 3.80. The van der Waals surface area contributed by atoms with E-state index < -0.39 is 54.6 Å². The zero-order chi connectivity index (χ0) is 23.2. The lowest BCUT2D eigenvalue weighted by atomic mass is 10.1. The van der Waals surface area contributed by atoms with Crippen LogP contribution in [0.5, 0.6) is 0 Å². The van der Waals surface area contributed by atoms with E-state index in [2.05, 4.69) is 28.1 Å². The first-order chi connectivity index (χ1) is 14.2. The lowest BCUT2D eigenvalue weighted by molar-refractivity contribution is -0.250. The number of fused-ring (bicyclic) bond motifs is 1. The molecule has 1 aliphatic heterocycles. The lowest BCUT2D eigenvalue weighted by Crippen LogP contribution is -2.34. The molecule has 174 valence electrons. The topological polar surface area (TPSA) is 288 Å². The van der Waals surface area contributed by atoms with Crippen LogP contribution in [0.25, 0.3) is 11.2 Å². The SMILES string of the molecule is Nc1ncnc2c1ncn2[C@@H]1O[C@H](COP(=O)([O-])OP(=O)([O-])OP(=O)([O-])O)C(O)C1O. The van der Waals surface area contributed by atoms with Crippen molar-refractivity contribution in [3.8, 4) is 0 Å². The Bertz CT molecular complexity index is 1100. The molecule has 0 aromatic carbocycles. The van der Waals surface area contributed by atoms with E-state index in [1.54, 1.807) is 0 Å². The van der Waals surface area contributed by atoms with Gasteiger partial charge >= 0.3 is 0 Å². The summed E-state index contributed by atoms with van der Waals surface area (Å²) in [4.78, 5) is 53.1. The average Bonchev–Trinajstić information content (AvgIpc) is 3.13. The van der Waals surface area contributed by atoms with Crippen molar-refractivity contribution in [3.05, 3.63) is 12.7 Å². The summed E-state index contributed by atoms with van der Waals surface area (Å²) in [5.41, 5.74) is 5.94. The second-order valence-electron chi connectivity index (χ2n) is 5.95. The number of phosphoric acid groups is 3. The summed E-state index contributed by atoms with van der Waals surface area (Å²) in [6.07, 6.45) is -3.94. The summed E-state index contributed by atoms with van der Waals surface area (Å²) in [7, 11) is -17.7. The minimum absolute atomic E-state index is 0.0240. The Hall–Kier alpha value is -1.36. The Morgan fingerprint density at radius 2 is 1.77 bits per heavy atom. The highest BCUT2D eigenvalue weighted by atomic mass is 31.3. The van der Waals surface area contributed by atoms with Gasteiger partial charge in [0, 0.05) is 0 Å². The second kappa shape index (κ2) is 8.53. The summed E-state index contributed by atoms with van der Waals surface area (Å²) in [5.74, 6) is 0.0240. The minimum atomic E-state index is -6.08. The highest BCUT2D eigenvalue weighted by molar-refractivity contribution is 7.65. The van der Waals surface area contributed by atoms with E-state index in [4.69, 9.17) is 15.4 Å². The Morgan fingerprint density at radius 1 is 1.10 bits per heavy atom. The van der Waals surface area contributed by atoms with E-state index in [1.165, 1.54) is 10.9 Å². The summed E-state index contributed by atoms with van der Waals surface area (Å²) in [5, 5.41) is 20.3. The van der Waals surface area contributed by atoms with E-state index in [0.717, 1.165) is 6.33 Å². The van der Waals surface area contributed by atoms with Gasteiger partial charge in [0.05, 0.1) is 12.9 Å². The molecule has 5 N–H and O–H groups in total. The highest BCUT2D eigenvalue weighted by Gasteiger charge is 2.45. The maximum absolute atomic E-state index is 11.6. The van der Waals surface area contributed by atoms with Crippen LogP contribution in [0.4, 0.5) is 5.82 Å². The number of ether oxygens (including phenoxy) is 1. The number of rotatable bonds is 8. The van der Waals surface area contributed by atoms with Crippen LogP contribution < -0.4 is 20.4 Å². The molecular weight excluding hydrogens is 491 g/mol. The van der Waals surface area contributed by atoms with Crippen LogP contribution in [0.2, 0.25) is 0 Å². The molecule has 1 fully saturated rings. The van der Waals surface area contributed by atoms with Gasteiger partial charge < -0.3 is 44.8 Å². The van der Waals surface area contributed by atoms with E-state index in [1.807, 2.05) is 0 Å². The van der Waals surface area contributed by atoms with Crippen LogP contribution in [-0.2, 0) is 31.6 Å². The molecule has 1 aliphatic rings. The number of phosphoric ester groups is 1. The number of aromatic nitrogens is 4. The van der Waals surface area contributed by atoms with Crippen LogP contribution in [0.15, 0.2) is 12.7 Å². The molecule has 2 aromatic heterocycles.